The Hall–Kier alpha value is -1.17. The zero-order valence-electron chi connectivity index (χ0n) is 12.1. The fourth-order valence-corrected chi connectivity index (χ4v) is 3.33. The molecule has 0 bridgehead atoms. The van der Waals surface area contributed by atoms with E-state index in [0.29, 0.717) is 24.1 Å². The molecule has 0 aliphatic heterocycles. The van der Waals surface area contributed by atoms with E-state index in [0.717, 1.165) is 36.7 Å². The zero-order chi connectivity index (χ0) is 14.8. The largest absolute Gasteiger partial charge is 0.368 e. The van der Waals surface area contributed by atoms with Gasteiger partial charge in [-0.2, -0.15) is 0 Å². The first kappa shape index (κ1) is 14.8. The number of fused-ring (bicyclic) bond motifs is 3. The van der Waals surface area contributed by atoms with Crippen molar-refractivity contribution in [2.75, 3.05) is 6.61 Å². The molecule has 1 aliphatic rings. The third-order valence-electron chi connectivity index (χ3n) is 4.08. The lowest BCUT2D eigenvalue weighted by Gasteiger charge is -2.24. The van der Waals surface area contributed by atoms with Gasteiger partial charge in [0.1, 0.15) is 17.1 Å². The third-order valence-corrected chi connectivity index (χ3v) is 4.37. The second-order valence-electron chi connectivity index (χ2n) is 5.64. The lowest BCUT2D eigenvalue weighted by molar-refractivity contribution is -0.111. The lowest BCUT2D eigenvalue weighted by Crippen LogP contribution is -2.22. The smallest absolute Gasteiger partial charge is 0.154 e. The molecule has 2 atom stereocenters. The van der Waals surface area contributed by atoms with Crippen molar-refractivity contribution in [3.8, 4) is 0 Å². The number of rotatable bonds is 5. The van der Waals surface area contributed by atoms with E-state index in [-0.39, 0.29) is 0 Å². The van der Waals surface area contributed by atoms with E-state index < -0.39 is 6.29 Å². The predicted molar refractivity (Wildman–Crippen MR) is 81.3 cm³/mol. The molecule has 2 unspecified atom stereocenters. The maximum Gasteiger partial charge on any atom is 0.154 e. The summed E-state index contributed by atoms with van der Waals surface area (Å²) in [5.41, 5.74) is 3.21. The number of hydrogen-bond acceptors (Lipinski definition) is 4. The van der Waals surface area contributed by atoms with Crippen LogP contribution in [-0.2, 0) is 17.6 Å². The van der Waals surface area contributed by atoms with Crippen LogP contribution in [0.2, 0.25) is 5.15 Å². The molecule has 0 radical (unpaired) electrons. The molecule has 0 saturated carbocycles. The Morgan fingerprint density at radius 3 is 3.19 bits per heavy atom. The fourth-order valence-electron chi connectivity index (χ4n) is 3.08. The number of H-pyrrole nitrogens is 1. The topological polar surface area (TPSA) is 71.0 Å². The summed E-state index contributed by atoms with van der Waals surface area (Å²) < 4.78 is 5.37. The molecular weight excluding hydrogens is 290 g/mol. The number of aromatic amines is 1. The van der Waals surface area contributed by atoms with Gasteiger partial charge < -0.3 is 14.8 Å². The normalized spacial score (nSPS) is 19.7. The summed E-state index contributed by atoms with van der Waals surface area (Å²) in [6, 6.07) is 0. The zero-order valence-corrected chi connectivity index (χ0v) is 12.9. The third kappa shape index (κ3) is 3.05. The molecule has 0 amide bonds. The number of aromatic nitrogens is 3. The predicted octanol–water partition coefficient (Wildman–Crippen LogP) is 2.85. The average Bonchev–Trinajstić information content (AvgIpc) is 2.84. The number of ether oxygens (including phenoxy) is 1. The average molecular weight is 310 g/mol. The Bertz CT molecular complexity index is 629. The second-order valence-corrected chi connectivity index (χ2v) is 6.00. The quantitative estimate of drug-likeness (QED) is 0.658. The molecule has 6 heteroatoms. The van der Waals surface area contributed by atoms with Gasteiger partial charge in [-0.15, -0.1) is 0 Å². The van der Waals surface area contributed by atoms with Gasteiger partial charge in [0.05, 0.1) is 5.39 Å². The first-order valence-corrected chi connectivity index (χ1v) is 7.86. The van der Waals surface area contributed by atoms with E-state index in [1.807, 2.05) is 6.92 Å². The highest BCUT2D eigenvalue weighted by atomic mass is 35.5. The molecule has 2 aromatic heterocycles. The number of nitrogens with one attached hydrogen (secondary N) is 1. The highest BCUT2D eigenvalue weighted by Crippen LogP contribution is 2.35. The number of halogens is 1. The van der Waals surface area contributed by atoms with Crippen LogP contribution in [0.1, 0.15) is 37.4 Å². The van der Waals surface area contributed by atoms with Crippen molar-refractivity contribution in [2.45, 2.75) is 45.3 Å². The molecule has 0 saturated heterocycles. The van der Waals surface area contributed by atoms with E-state index in [1.54, 1.807) is 0 Å². The summed E-state index contributed by atoms with van der Waals surface area (Å²) in [7, 11) is 0. The Balaban J connectivity index is 1.77. The van der Waals surface area contributed by atoms with Crippen LogP contribution in [-0.4, -0.2) is 33.0 Å². The van der Waals surface area contributed by atoms with Crippen molar-refractivity contribution in [1.82, 2.24) is 15.0 Å². The molecule has 0 aromatic carbocycles. The van der Waals surface area contributed by atoms with Crippen molar-refractivity contribution in [2.24, 2.45) is 5.92 Å². The molecule has 5 nitrogen and oxygen atoms in total. The summed E-state index contributed by atoms with van der Waals surface area (Å²) >= 11 is 6.21. The maximum atomic E-state index is 9.92. The summed E-state index contributed by atoms with van der Waals surface area (Å²) in [6.07, 6.45) is 5.26. The van der Waals surface area contributed by atoms with Gasteiger partial charge in [-0.05, 0) is 37.2 Å². The van der Waals surface area contributed by atoms with Gasteiger partial charge in [0, 0.05) is 18.7 Å². The lowest BCUT2D eigenvalue weighted by atomic mass is 9.84. The van der Waals surface area contributed by atoms with Crippen LogP contribution in [0, 0.1) is 5.92 Å². The second kappa shape index (κ2) is 6.30. The number of nitrogens with zero attached hydrogens (tertiary/aromatic N) is 2. The SMILES string of the molecule is CCCOC(O)CC1CCc2[nH]c3ncnc(Cl)c3c2C1. The van der Waals surface area contributed by atoms with Crippen LogP contribution < -0.4 is 0 Å². The van der Waals surface area contributed by atoms with Crippen LogP contribution >= 0.6 is 11.6 Å². The summed E-state index contributed by atoms with van der Waals surface area (Å²) in [6.45, 7) is 2.64. The van der Waals surface area contributed by atoms with E-state index in [4.69, 9.17) is 16.3 Å². The van der Waals surface area contributed by atoms with Crippen molar-refractivity contribution in [3.63, 3.8) is 0 Å². The number of aryl methyl sites for hydroxylation is 1. The molecule has 3 rings (SSSR count). The van der Waals surface area contributed by atoms with Gasteiger partial charge >= 0.3 is 0 Å². The molecule has 21 heavy (non-hydrogen) atoms. The Morgan fingerprint density at radius 2 is 2.38 bits per heavy atom. The van der Waals surface area contributed by atoms with E-state index in [2.05, 4.69) is 15.0 Å². The van der Waals surface area contributed by atoms with E-state index in [9.17, 15) is 5.11 Å². The van der Waals surface area contributed by atoms with Gasteiger partial charge in [0.25, 0.3) is 0 Å². The number of hydrogen-bond donors (Lipinski definition) is 2. The standard InChI is InChI=1S/C15H20ClN3O2/c1-2-5-21-12(20)7-9-3-4-11-10(6-9)13-14(16)17-8-18-15(13)19-11/h8-9,12,20H,2-7H2,1H3,(H,17,18,19). The Labute approximate surface area is 128 Å². The Morgan fingerprint density at radius 1 is 1.52 bits per heavy atom. The van der Waals surface area contributed by atoms with Gasteiger partial charge in [0.2, 0.25) is 0 Å². The van der Waals surface area contributed by atoms with Crippen LogP contribution in [0.25, 0.3) is 11.0 Å². The molecule has 2 aromatic rings. The molecular formula is C15H20ClN3O2. The Kier molecular flexibility index (Phi) is 4.42. The van der Waals surface area contributed by atoms with Gasteiger partial charge in [-0.3, -0.25) is 0 Å². The first-order chi connectivity index (χ1) is 10.2. The van der Waals surface area contributed by atoms with Gasteiger partial charge in [0.15, 0.2) is 6.29 Å². The first-order valence-electron chi connectivity index (χ1n) is 7.48. The summed E-state index contributed by atoms with van der Waals surface area (Å²) in [4.78, 5) is 11.7. The summed E-state index contributed by atoms with van der Waals surface area (Å²) in [5, 5.41) is 11.4. The monoisotopic (exact) mass is 309 g/mol. The molecule has 0 spiro atoms. The minimum absolute atomic E-state index is 0.402. The molecule has 0 fully saturated rings. The number of aliphatic hydroxyl groups excluding tert-OH is 1. The molecule has 114 valence electrons. The number of aliphatic hydroxyl groups is 1. The van der Waals surface area contributed by atoms with Crippen LogP contribution in [0.4, 0.5) is 0 Å². The van der Waals surface area contributed by atoms with Gasteiger partial charge in [-0.1, -0.05) is 18.5 Å². The minimum Gasteiger partial charge on any atom is -0.368 e. The van der Waals surface area contributed by atoms with Crippen LogP contribution in [0.3, 0.4) is 0 Å². The molecule has 2 N–H and O–H groups in total. The maximum absolute atomic E-state index is 9.92. The van der Waals surface area contributed by atoms with Crippen LogP contribution in [0.15, 0.2) is 6.33 Å². The molecule has 2 heterocycles. The van der Waals surface area contributed by atoms with E-state index >= 15 is 0 Å². The highest BCUT2D eigenvalue weighted by molar-refractivity contribution is 6.34. The fraction of sp³-hybridized carbons (Fsp3) is 0.600. The van der Waals surface area contributed by atoms with Crippen molar-refractivity contribution in [3.05, 3.63) is 22.7 Å². The molecule has 1 aliphatic carbocycles. The minimum atomic E-state index is -0.673. The van der Waals surface area contributed by atoms with E-state index in [1.165, 1.54) is 17.6 Å². The van der Waals surface area contributed by atoms with Crippen molar-refractivity contribution < 1.29 is 9.84 Å². The van der Waals surface area contributed by atoms with Crippen molar-refractivity contribution >= 4 is 22.6 Å². The highest BCUT2D eigenvalue weighted by Gasteiger charge is 2.26. The van der Waals surface area contributed by atoms with Crippen molar-refractivity contribution in [1.29, 1.82) is 0 Å². The van der Waals surface area contributed by atoms with Crippen LogP contribution in [0.5, 0.6) is 0 Å². The summed E-state index contributed by atoms with van der Waals surface area (Å²) in [5.74, 6) is 0.402. The van der Waals surface area contributed by atoms with Gasteiger partial charge in [-0.25, -0.2) is 9.97 Å².